The summed E-state index contributed by atoms with van der Waals surface area (Å²) in [4.78, 5) is 14.0. The summed E-state index contributed by atoms with van der Waals surface area (Å²) in [6, 6.07) is 17.2. The Balaban J connectivity index is 1.62. The van der Waals surface area contributed by atoms with Crippen LogP contribution in [0.1, 0.15) is 29.2 Å². The summed E-state index contributed by atoms with van der Waals surface area (Å²) in [5.74, 6) is -0.0759. The molecule has 0 spiro atoms. The Bertz CT molecular complexity index is 781. The molecule has 2 aromatic rings. The molecule has 7 heteroatoms. The molecule has 1 heterocycles. The van der Waals surface area contributed by atoms with Crippen LogP contribution in [0.3, 0.4) is 0 Å². The number of carbonyl (C=O) groups excluding carboxylic acids is 1. The molecule has 1 aliphatic rings. The number of rotatable bonds is 6. The molecule has 2 aromatic carbocycles. The van der Waals surface area contributed by atoms with Crippen molar-refractivity contribution in [1.82, 2.24) is 4.90 Å². The van der Waals surface area contributed by atoms with Gasteiger partial charge in [0.1, 0.15) is 12.7 Å². The minimum absolute atomic E-state index is 0.0759. The molecular weight excluding hydrogens is 366 g/mol. The van der Waals surface area contributed by atoms with Gasteiger partial charge in [-0.2, -0.15) is 4.21 Å². The summed E-state index contributed by atoms with van der Waals surface area (Å²) < 4.78 is 31.1. The molecule has 144 valence electrons. The monoisotopic (exact) mass is 389 g/mol. The van der Waals surface area contributed by atoms with Gasteiger partial charge in [-0.1, -0.05) is 60.2 Å². The van der Waals surface area contributed by atoms with Crippen molar-refractivity contribution in [2.24, 2.45) is 5.92 Å². The number of benzene rings is 2. The second-order valence-corrected chi connectivity index (χ2v) is 7.31. The molecule has 1 N–H and O–H groups in total. The molecule has 0 bridgehead atoms. The molecule has 0 aliphatic carbocycles. The first-order valence-electron chi connectivity index (χ1n) is 8.83. The Kier molecular flexibility index (Phi) is 6.60. The minimum Gasteiger partial charge on any atom is -0.445 e. The molecule has 0 saturated carbocycles. The number of hydrogen-bond acceptors (Lipinski definition) is 4. The molecule has 6 nitrogen and oxygen atoms in total. The fourth-order valence-corrected chi connectivity index (χ4v) is 3.71. The maximum absolute atomic E-state index is 12.3. The summed E-state index contributed by atoms with van der Waals surface area (Å²) in [7, 11) is 0. The van der Waals surface area contributed by atoms with Crippen LogP contribution in [0.4, 0.5) is 4.79 Å². The van der Waals surface area contributed by atoms with Crippen LogP contribution in [0.5, 0.6) is 0 Å². The lowest BCUT2D eigenvalue weighted by molar-refractivity contribution is 0.0966. The van der Waals surface area contributed by atoms with Crippen molar-refractivity contribution >= 4 is 17.5 Å². The molecule has 0 radical (unpaired) electrons. The Morgan fingerprint density at radius 2 is 1.93 bits per heavy atom. The predicted molar refractivity (Wildman–Crippen MR) is 102 cm³/mol. The van der Waals surface area contributed by atoms with Gasteiger partial charge in [-0.05, 0) is 24.5 Å². The molecule has 1 fully saturated rings. The smallest absolute Gasteiger partial charge is 0.410 e. The summed E-state index contributed by atoms with van der Waals surface area (Å²) in [6.45, 7) is 3.15. The van der Waals surface area contributed by atoms with Crippen LogP contribution in [0, 0.1) is 12.8 Å². The third-order valence-corrected chi connectivity index (χ3v) is 5.08. The van der Waals surface area contributed by atoms with Crippen LogP contribution in [0.25, 0.3) is 0 Å². The number of ether oxygens (including phenoxy) is 1. The van der Waals surface area contributed by atoms with Crippen molar-refractivity contribution in [3.8, 4) is 0 Å². The molecular formula is C20H23NO5S. The average molecular weight is 389 g/mol. The van der Waals surface area contributed by atoms with Gasteiger partial charge in [0.25, 0.3) is 0 Å². The lowest BCUT2D eigenvalue weighted by atomic mass is 9.94. The largest absolute Gasteiger partial charge is 0.445 e. The second kappa shape index (κ2) is 9.12. The molecule has 1 saturated heterocycles. The van der Waals surface area contributed by atoms with Crippen LogP contribution in [-0.4, -0.2) is 32.8 Å². The fourth-order valence-electron chi connectivity index (χ4n) is 3.26. The van der Waals surface area contributed by atoms with Gasteiger partial charge in [-0.3, -0.25) is 8.74 Å². The first kappa shape index (κ1) is 19.5. The van der Waals surface area contributed by atoms with Gasteiger partial charge in [0.15, 0.2) is 0 Å². The first-order valence-corrected chi connectivity index (χ1v) is 9.86. The van der Waals surface area contributed by atoms with Crippen molar-refractivity contribution in [1.29, 1.82) is 0 Å². The van der Waals surface area contributed by atoms with E-state index in [1.807, 2.05) is 61.5 Å². The van der Waals surface area contributed by atoms with E-state index in [4.69, 9.17) is 8.92 Å². The van der Waals surface area contributed by atoms with Crippen LogP contribution < -0.4 is 0 Å². The Morgan fingerprint density at radius 3 is 2.59 bits per heavy atom. The zero-order chi connectivity index (χ0) is 19.2. The zero-order valence-electron chi connectivity index (χ0n) is 15.1. The van der Waals surface area contributed by atoms with Gasteiger partial charge >= 0.3 is 17.5 Å². The molecule has 1 aliphatic heterocycles. The highest BCUT2D eigenvalue weighted by Gasteiger charge is 2.35. The standard InChI is InChI=1S/C20H23NO5S/c1-15-7-9-17(10-8-15)19(26-27(23)24)18-11-12-21(13-18)20(22)25-14-16-5-3-2-4-6-16/h2-10,18-19H,11-14H2,1H3,(H,23,24). The number of likely N-dealkylation sites (tertiary alicyclic amines) is 1. The Hall–Kier alpha value is -2.22. The van der Waals surface area contributed by atoms with Crippen LogP contribution >= 0.6 is 0 Å². The maximum Gasteiger partial charge on any atom is 0.410 e. The molecule has 1 amide bonds. The second-order valence-electron chi connectivity index (χ2n) is 6.68. The third-order valence-electron chi connectivity index (χ3n) is 4.71. The van der Waals surface area contributed by atoms with E-state index in [0.717, 1.165) is 16.7 Å². The average Bonchev–Trinajstić information content (AvgIpc) is 3.16. The van der Waals surface area contributed by atoms with Crippen molar-refractivity contribution in [2.75, 3.05) is 13.1 Å². The Morgan fingerprint density at radius 1 is 1.22 bits per heavy atom. The van der Waals surface area contributed by atoms with Crippen molar-refractivity contribution in [2.45, 2.75) is 26.1 Å². The van der Waals surface area contributed by atoms with Gasteiger partial charge in [0, 0.05) is 19.0 Å². The third kappa shape index (κ3) is 5.38. The van der Waals surface area contributed by atoms with Crippen LogP contribution in [0.2, 0.25) is 0 Å². The summed E-state index contributed by atoms with van der Waals surface area (Å²) >= 11 is -2.38. The predicted octanol–water partition coefficient (Wildman–Crippen LogP) is 3.85. The number of aryl methyl sites for hydroxylation is 1. The quantitative estimate of drug-likeness (QED) is 0.760. The molecule has 27 heavy (non-hydrogen) atoms. The van der Waals surface area contributed by atoms with E-state index in [2.05, 4.69) is 0 Å². The van der Waals surface area contributed by atoms with E-state index < -0.39 is 17.5 Å². The summed E-state index contributed by atoms with van der Waals surface area (Å²) in [6.07, 6.45) is -0.256. The van der Waals surface area contributed by atoms with E-state index in [9.17, 15) is 13.6 Å². The highest BCUT2D eigenvalue weighted by Crippen LogP contribution is 2.34. The minimum atomic E-state index is -2.38. The maximum atomic E-state index is 12.3. The Labute approximate surface area is 161 Å². The zero-order valence-corrected chi connectivity index (χ0v) is 15.9. The highest BCUT2D eigenvalue weighted by atomic mass is 32.2. The van der Waals surface area contributed by atoms with E-state index in [0.29, 0.717) is 19.5 Å². The van der Waals surface area contributed by atoms with Gasteiger partial charge in [0.05, 0.1) is 0 Å². The van der Waals surface area contributed by atoms with E-state index in [-0.39, 0.29) is 18.6 Å². The van der Waals surface area contributed by atoms with Gasteiger partial charge in [0.2, 0.25) is 0 Å². The van der Waals surface area contributed by atoms with Crippen LogP contribution in [0.15, 0.2) is 54.6 Å². The number of amides is 1. The lowest BCUT2D eigenvalue weighted by Gasteiger charge is -2.23. The van der Waals surface area contributed by atoms with Gasteiger partial charge in [-0.25, -0.2) is 4.79 Å². The van der Waals surface area contributed by atoms with Crippen LogP contribution in [-0.2, 0) is 26.9 Å². The normalized spacial score (nSPS) is 18.9. The van der Waals surface area contributed by atoms with Gasteiger partial charge < -0.3 is 9.64 Å². The van der Waals surface area contributed by atoms with Crippen molar-refractivity contribution in [3.63, 3.8) is 0 Å². The highest BCUT2D eigenvalue weighted by molar-refractivity contribution is 7.74. The summed E-state index contributed by atoms with van der Waals surface area (Å²) in [5.41, 5.74) is 2.85. The van der Waals surface area contributed by atoms with Crippen molar-refractivity contribution in [3.05, 3.63) is 71.3 Å². The topological polar surface area (TPSA) is 76.1 Å². The molecule has 3 atom stereocenters. The number of nitrogens with zero attached hydrogens (tertiary/aromatic N) is 1. The van der Waals surface area contributed by atoms with E-state index in [1.54, 1.807) is 4.90 Å². The number of carbonyl (C=O) groups is 1. The van der Waals surface area contributed by atoms with Crippen molar-refractivity contribution < 1.29 is 22.5 Å². The SMILES string of the molecule is Cc1ccc(C(OS(=O)O)C2CCN(C(=O)OCc3ccccc3)C2)cc1. The number of hydrogen-bond donors (Lipinski definition) is 1. The molecule has 3 rings (SSSR count). The molecule has 0 aromatic heterocycles. The lowest BCUT2D eigenvalue weighted by Crippen LogP contribution is -2.30. The van der Waals surface area contributed by atoms with E-state index >= 15 is 0 Å². The molecule has 3 unspecified atom stereocenters. The van der Waals surface area contributed by atoms with E-state index in [1.165, 1.54) is 0 Å². The first-order chi connectivity index (χ1) is 13.0. The van der Waals surface area contributed by atoms with Gasteiger partial charge in [-0.15, -0.1) is 0 Å². The summed E-state index contributed by atoms with van der Waals surface area (Å²) in [5, 5.41) is 0. The fraction of sp³-hybridized carbons (Fsp3) is 0.350.